The van der Waals surface area contributed by atoms with Gasteiger partial charge >= 0.3 is 0 Å². The van der Waals surface area contributed by atoms with Gasteiger partial charge in [-0.2, -0.15) is 16.3 Å². The summed E-state index contributed by atoms with van der Waals surface area (Å²) in [7, 11) is -2.50. The summed E-state index contributed by atoms with van der Waals surface area (Å²) >= 11 is 7.43. The Morgan fingerprint density at radius 2 is 1.90 bits per heavy atom. The van der Waals surface area contributed by atoms with Gasteiger partial charge in [-0.3, -0.25) is 4.31 Å². The molecule has 30 heavy (non-hydrogen) atoms. The summed E-state index contributed by atoms with van der Waals surface area (Å²) in [6.45, 7) is -0.164. The molecule has 0 aliphatic carbocycles. The van der Waals surface area contributed by atoms with Gasteiger partial charge in [-0.05, 0) is 47.8 Å². The Hall–Kier alpha value is -2.88. The molecule has 7 nitrogen and oxygen atoms in total. The maximum atomic E-state index is 13.5. The van der Waals surface area contributed by atoms with E-state index in [-0.39, 0.29) is 17.3 Å². The molecule has 0 saturated heterocycles. The number of nitrogens with zero attached hydrogens (tertiary/aromatic N) is 3. The van der Waals surface area contributed by atoms with Gasteiger partial charge in [-0.25, -0.2) is 8.42 Å². The van der Waals surface area contributed by atoms with Crippen LogP contribution in [0.1, 0.15) is 5.89 Å². The minimum atomic E-state index is -3.98. The van der Waals surface area contributed by atoms with Gasteiger partial charge in [0.15, 0.2) is 0 Å². The fourth-order valence-electron chi connectivity index (χ4n) is 2.82. The summed E-state index contributed by atoms with van der Waals surface area (Å²) in [6.07, 6.45) is 0. The van der Waals surface area contributed by atoms with E-state index in [1.165, 1.54) is 47.0 Å². The van der Waals surface area contributed by atoms with Gasteiger partial charge in [0.2, 0.25) is 11.7 Å². The highest BCUT2D eigenvalue weighted by Gasteiger charge is 2.29. The average Bonchev–Trinajstić information content (AvgIpc) is 3.44. The van der Waals surface area contributed by atoms with Crippen molar-refractivity contribution >= 4 is 38.6 Å². The van der Waals surface area contributed by atoms with Crippen LogP contribution in [-0.4, -0.2) is 25.7 Å². The number of methoxy groups -OCH3 is 1. The lowest BCUT2D eigenvalue weighted by molar-refractivity contribution is 0.379. The fraction of sp³-hybridized carbons (Fsp3) is 0.100. The molecule has 0 spiro atoms. The first-order valence-electron chi connectivity index (χ1n) is 8.75. The summed E-state index contributed by atoms with van der Waals surface area (Å²) in [5, 5.41) is 8.19. The SMILES string of the molecule is COc1ccccc1N(Cc1nc(-c2ccsc2)no1)S(=O)(=O)c1ccc(Cl)cc1. The van der Waals surface area contributed by atoms with Crippen LogP contribution in [0.4, 0.5) is 5.69 Å². The number of benzene rings is 2. The highest BCUT2D eigenvalue weighted by molar-refractivity contribution is 7.92. The van der Waals surface area contributed by atoms with E-state index >= 15 is 0 Å². The number of thiophene rings is 1. The average molecular weight is 462 g/mol. The van der Waals surface area contributed by atoms with Gasteiger partial charge in [-0.1, -0.05) is 28.9 Å². The summed E-state index contributed by atoms with van der Waals surface area (Å²) in [4.78, 5) is 4.43. The third kappa shape index (κ3) is 4.04. The second-order valence-corrected chi connectivity index (χ2v) is 9.24. The van der Waals surface area contributed by atoms with Crippen molar-refractivity contribution in [3.05, 3.63) is 76.3 Å². The van der Waals surface area contributed by atoms with E-state index in [2.05, 4.69) is 10.1 Å². The first-order chi connectivity index (χ1) is 14.5. The third-order valence-electron chi connectivity index (χ3n) is 4.28. The van der Waals surface area contributed by atoms with Crippen molar-refractivity contribution in [1.29, 1.82) is 0 Å². The number of rotatable bonds is 7. The van der Waals surface area contributed by atoms with E-state index in [0.717, 1.165) is 5.56 Å². The molecule has 0 fully saturated rings. The third-order valence-corrected chi connectivity index (χ3v) is 6.99. The quantitative estimate of drug-likeness (QED) is 0.391. The lowest BCUT2D eigenvalue weighted by atomic mass is 10.3. The number of hydrogen-bond donors (Lipinski definition) is 0. The van der Waals surface area contributed by atoms with Crippen molar-refractivity contribution in [2.45, 2.75) is 11.4 Å². The van der Waals surface area contributed by atoms with Crippen molar-refractivity contribution < 1.29 is 17.7 Å². The van der Waals surface area contributed by atoms with Gasteiger partial charge in [0.05, 0.1) is 17.7 Å². The fourth-order valence-corrected chi connectivity index (χ4v) is 5.01. The molecule has 4 aromatic rings. The molecule has 0 atom stereocenters. The Kier molecular flexibility index (Phi) is 5.76. The van der Waals surface area contributed by atoms with Crippen LogP contribution in [0.3, 0.4) is 0 Å². The summed E-state index contributed by atoms with van der Waals surface area (Å²) in [6, 6.07) is 14.6. The van der Waals surface area contributed by atoms with E-state index < -0.39 is 10.0 Å². The van der Waals surface area contributed by atoms with Crippen LogP contribution in [0, 0.1) is 0 Å². The molecule has 0 radical (unpaired) electrons. The topological polar surface area (TPSA) is 85.5 Å². The van der Waals surface area contributed by atoms with E-state index in [9.17, 15) is 8.42 Å². The van der Waals surface area contributed by atoms with E-state index in [1.54, 1.807) is 24.3 Å². The first-order valence-corrected chi connectivity index (χ1v) is 11.5. The number of hydrogen-bond acceptors (Lipinski definition) is 7. The second-order valence-electron chi connectivity index (χ2n) is 6.16. The Morgan fingerprint density at radius 3 is 2.60 bits per heavy atom. The van der Waals surface area contributed by atoms with Crippen molar-refractivity contribution in [3.63, 3.8) is 0 Å². The number of anilines is 1. The molecule has 0 aliphatic rings. The molecule has 2 aromatic carbocycles. The molecule has 0 N–H and O–H groups in total. The summed E-state index contributed by atoms with van der Waals surface area (Å²) < 4.78 is 38.9. The van der Waals surface area contributed by atoms with Crippen molar-refractivity contribution in [2.24, 2.45) is 0 Å². The van der Waals surface area contributed by atoms with Gasteiger partial charge in [0.25, 0.3) is 10.0 Å². The highest BCUT2D eigenvalue weighted by Crippen LogP contribution is 2.34. The number of para-hydroxylation sites is 2. The first kappa shape index (κ1) is 20.4. The highest BCUT2D eigenvalue weighted by atomic mass is 35.5. The van der Waals surface area contributed by atoms with Crippen molar-refractivity contribution in [2.75, 3.05) is 11.4 Å². The molecule has 2 heterocycles. The zero-order valence-corrected chi connectivity index (χ0v) is 18.1. The standard InChI is InChI=1S/C20H16ClN3O4S2/c1-27-18-5-3-2-4-17(18)24(30(25,26)16-8-6-15(21)7-9-16)12-19-22-20(23-28-19)14-10-11-29-13-14/h2-11,13H,12H2,1H3. The number of halogens is 1. The molecule has 0 aliphatic heterocycles. The molecular weight excluding hydrogens is 446 g/mol. The Balaban J connectivity index is 1.77. The van der Waals surface area contributed by atoms with Gasteiger partial charge in [0, 0.05) is 16.0 Å². The van der Waals surface area contributed by atoms with Gasteiger partial charge in [-0.15, -0.1) is 0 Å². The maximum absolute atomic E-state index is 13.5. The second kappa shape index (κ2) is 8.47. The minimum Gasteiger partial charge on any atom is -0.495 e. The monoisotopic (exact) mass is 461 g/mol. The molecule has 0 saturated carbocycles. The van der Waals surface area contributed by atoms with Crippen LogP contribution in [0.2, 0.25) is 5.02 Å². The normalized spacial score (nSPS) is 11.4. The number of aromatic nitrogens is 2. The Labute approximate surface area is 182 Å². The molecule has 0 bridgehead atoms. The van der Waals surface area contributed by atoms with Crippen LogP contribution in [0.5, 0.6) is 5.75 Å². The molecule has 10 heteroatoms. The summed E-state index contributed by atoms with van der Waals surface area (Å²) in [5.41, 5.74) is 1.16. The lowest BCUT2D eigenvalue weighted by Crippen LogP contribution is -2.31. The van der Waals surface area contributed by atoms with Gasteiger partial charge in [0.1, 0.15) is 12.3 Å². The maximum Gasteiger partial charge on any atom is 0.264 e. The largest absolute Gasteiger partial charge is 0.495 e. The number of sulfonamides is 1. The smallest absolute Gasteiger partial charge is 0.264 e. The Bertz CT molecular complexity index is 1240. The van der Waals surface area contributed by atoms with Crippen LogP contribution in [0.25, 0.3) is 11.4 Å². The molecule has 154 valence electrons. The van der Waals surface area contributed by atoms with Crippen LogP contribution in [0.15, 0.2) is 74.8 Å². The Morgan fingerprint density at radius 1 is 1.13 bits per heavy atom. The van der Waals surface area contributed by atoms with Crippen LogP contribution in [-0.2, 0) is 16.6 Å². The van der Waals surface area contributed by atoms with Crippen LogP contribution >= 0.6 is 22.9 Å². The predicted octanol–water partition coefficient (Wildman–Crippen LogP) is 4.86. The van der Waals surface area contributed by atoms with Crippen molar-refractivity contribution in [1.82, 2.24) is 10.1 Å². The van der Waals surface area contributed by atoms with Gasteiger partial charge < -0.3 is 9.26 Å². The predicted molar refractivity (Wildman–Crippen MR) is 115 cm³/mol. The van der Waals surface area contributed by atoms with Crippen LogP contribution < -0.4 is 9.04 Å². The molecule has 4 rings (SSSR count). The minimum absolute atomic E-state index is 0.0791. The summed E-state index contributed by atoms with van der Waals surface area (Å²) in [5.74, 6) is 0.947. The number of ether oxygens (including phenoxy) is 1. The molecule has 0 amide bonds. The van der Waals surface area contributed by atoms with E-state index in [0.29, 0.717) is 22.3 Å². The van der Waals surface area contributed by atoms with Crippen molar-refractivity contribution in [3.8, 4) is 17.1 Å². The zero-order valence-electron chi connectivity index (χ0n) is 15.7. The molecule has 0 unspecified atom stereocenters. The molecule has 2 aromatic heterocycles. The zero-order chi connectivity index (χ0) is 21.1. The van der Waals surface area contributed by atoms with E-state index in [1.807, 2.05) is 16.8 Å². The molecular formula is C20H16ClN3O4S2. The lowest BCUT2D eigenvalue weighted by Gasteiger charge is -2.24. The van der Waals surface area contributed by atoms with E-state index in [4.69, 9.17) is 20.9 Å².